The molecule has 0 radical (unpaired) electrons. The highest BCUT2D eigenvalue weighted by Gasteiger charge is 2.23. The first-order valence-electron chi connectivity index (χ1n) is 10.4. The van der Waals surface area contributed by atoms with Crippen molar-refractivity contribution in [3.63, 3.8) is 0 Å². The Morgan fingerprint density at radius 1 is 1.06 bits per heavy atom. The molecule has 0 aliphatic rings. The van der Waals surface area contributed by atoms with Crippen LogP contribution in [-0.4, -0.2) is 36.3 Å². The molecular weight excluding hydrogens is 458 g/mol. The third kappa shape index (κ3) is 4.70. The Kier molecular flexibility index (Phi) is 6.12. The first kappa shape index (κ1) is 23.1. The number of carbonyl (C=O) groups excluding carboxylic acids is 1. The molecule has 0 spiro atoms. The molecule has 0 saturated heterocycles. The number of phenolic OH excluding ortho intramolecular Hbond substituents is 2. The van der Waals surface area contributed by atoms with E-state index in [2.05, 4.69) is 20.8 Å². The first-order valence-corrected chi connectivity index (χ1v) is 11.8. The van der Waals surface area contributed by atoms with Crippen LogP contribution < -0.4 is 0 Å². The predicted octanol–water partition coefficient (Wildman–Crippen LogP) is 6.04. The van der Waals surface area contributed by atoms with Gasteiger partial charge in [0.15, 0.2) is 22.9 Å². The molecule has 4 rings (SSSR count). The van der Waals surface area contributed by atoms with Crippen LogP contribution in [0.5, 0.6) is 11.5 Å². The quantitative estimate of drug-likeness (QED) is 0.156. The van der Waals surface area contributed by atoms with Crippen LogP contribution in [0.2, 0.25) is 5.02 Å². The van der Waals surface area contributed by atoms with Gasteiger partial charge >= 0.3 is 0 Å². The van der Waals surface area contributed by atoms with E-state index in [-0.39, 0.29) is 28.5 Å². The smallest absolute Gasteiger partial charge is 0.173 e. The number of carbonyl (C=O) groups is 1. The molecule has 0 amide bonds. The molecule has 8 heteroatoms. The van der Waals surface area contributed by atoms with E-state index in [0.29, 0.717) is 10.6 Å². The van der Waals surface area contributed by atoms with Crippen molar-refractivity contribution in [2.45, 2.75) is 38.1 Å². The number of benzene rings is 2. The second-order valence-corrected chi connectivity index (χ2v) is 10.3. The van der Waals surface area contributed by atoms with Crippen LogP contribution in [0.25, 0.3) is 16.8 Å². The van der Waals surface area contributed by atoms with E-state index in [1.165, 1.54) is 30.0 Å². The SMILES string of the molecule is Cc1nn2c(SCC(=O)c3ccc(O)c(O)c3)cc(C(C)(C)C)nc2c1-c1ccc(Cl)cc1. The fourth-order valence-electron chi connectivity index (χ4n) is 3.46. The van der Waals surface area contributed by atoms with Gasteiger partial charge in [0.05, 0.1) is 17.1 Å². The molecule has 6 nitrogen and oxygen atoms in total. The molecule has 0 saturated carbocycles. The highest BCUT2D eigenvalue weighted by Crippen LogP contribution is 2.34. The molecule has 170 valence electrons. The van der Waals surface area contributed by atoms with Crippen molar-refractivity contribution >= 4 is 34.8 Å². The molecule has 2 aromatic heterocycles. The maximum atomic E-state index is 12.8. The Labute approximate surface area is 201 Å². The van der Waals surface area contributed by atoms with Crippen molar-refractivity contribution < 1.29 is 15.0 Å². The Bertz CT molecular complexity index is 1360. The van der Waals surface area contributed by atoms with E-state index in [0.717, 1.165) is 33.2 Å². The summed E-state index contributed by atoms with van der Waals surface area (Å²) in [6.07, 6.45) is 0. The zero-order valence-electron chi connectivity index (χ0n) is 18.8. The third-order valence-electron chi connectivity index (χ3n) is 5.28. The summed E-state index contributed by atoms with van der Waals surface area (Å²) in [7, 11) is 0. The van der Waals surface area contributed by atoms with E-state index < -0.39 is 0 Å². The number of Topliss-reactive ketones (excluding diaryl/α,β-unsaturated/α-hetero) is 1. The van der Waals surface area contributed by atoms with Gasteiger partial charge < -0.3 is 10.2 Å². The van der Waals surface area contributed by atoms with Crippen LogP contribution in [0.15, 0.2) is 53.6 Å². The van der Waals surface area contributed by atoms with Gasteiger partial charge in [-0.15, -0.1) is 0 Å². The largest absolute Gasteiger partial charge is 0.504 e. The molecule has 0 bridgehead atoms. The molecular formula is C25H24ClN3O3S. The molecule has 0 fully saturated rings. The number of aromatic nitrogens is 3. The Hall–Kier alpha value is -3.03. The molecule has 4 aromatic rings. The number of nitrogens with zero attached hydrogens (tertiary/aromatic N) is 3. The number of halogens is 1. The van der Waals surface area contributed by atoms with Crippen molar-refractivity contribution in [1.29, 1.82) is 0 Å². The molecule has 0 aliphatic heterocycles. The van der Waals surface area contributed by atoms with E-state index in [9.17, 15) is 15.0 Å². The van der Waals surface area contributed by atoms with Gasteiger partial charge in [0, 0.05) is 21.6 Å². The lowest BCUT2D eigenvalue weighted by Crippen LogP contribution is -2.15. The van der Waals surface area contributed by atoms with Gasteiger partial charge in [-0.3, -0.25) is 4.79 Å². The Balaban J connectivity index is 1.77. The number of phenols is 2. The Morgan fingerprint density at radius 2 is 1.76 bits per heavy atom. The van der Waals surface area contributed by atoms with E-state index >= 15 is 0 Å². The standard InChI is InChI=1S/C25H24ClN3O3S/c1-14-23(15-5-8-17(26)9-6-15)24-27-21(25(2,3)4)12-22(29(24)28-14)33-13-20(32)16-7-10-18(30)19(31)11-16/h5-12,30-31H,13H2,1-4H3. The monoisotopic (exact) mass is 481 g/mol. The van der Waals surface area contributed by atoms with Crippen LogP contribution in [0.1, 0.15) is 42.5 Å². The van der Waals surface area contributed by atoms with Crippen molar-refractivity contribution in [2.75, 3.05) is 5.75 Å². The minimum Gasteiger partial charge on any atom is -0.504 e. The lowest BCUT2D eigenvalue weighted by Gasteiger charge is -2.19. The van der Waals surface area contributed by atoms with Crippen molar-refractivity contribution in [3.05, 3.63) is 70.5 Å². The number of hydrogen-bond acceptors (Lipinski definition) is 6. The number of ketones is 1. The van der Waals surface area contributed by atoms with Crippen molar-refractivity contribution in [1.82, 2.24) is 14.6 Å². The number of hydrogen-bond donors (Lipinski definition) is 2. The molecule has 0 unspecified atom stereocenters. The topological polar surface area (TPSA) is 87.7 Å². The predicted molar refractivity (Wildman–Crippen MR) is 132 cm³/mol. The number of fused-ring (bicyclic) bond motifs is 1. The van der Waals surface area contributed by atoms with E-state index in [1.54, 1.807) is 4.52 Å². The number of aromatic hydroxyl groups is 2. The van der Waals surface area contributed by atoms with Crippen LogP contribution in [-0.2, 0) is 5.41 Å². The maximum absolute atomic E-state index is 12.8. The maximum Gasteiger partial charge on any atom is 0.173 e. The van der Waals surface area contributed by atoms with Gasteiger partial charge in [-0.25, -0.2) is 9.50 Å². The van der Waals surface area contributed by atoms with Crippen LogP contribution in [0, 0.1) is 6.92 Å². The fourth-order valence-corrected chi connectivity index (χ4v) is 4.47. The summed E-state index contributed by atoms with van der Waals surface area (Å²) in [5, 5.41) is 25.4. The van der Waals surface area contributed by atoms with Crippen LogP contribution >= 0.6 is 23.4 Å². The van der Waals surface area contributed by atoms with Crippen LogP contribution in [0.4, 0.5) is 0 Å². The summed E-state index contributed by atoms with van der Waals surface area (Å²) in [6.45, 7) is 8.22. The van der Waals surface area contributed by atoms with Gasteiger partial charge in [-0.1, -0.05) is 56.3 Å². The zero-order valence-corrected chi connectivity index (χ0v) is 20.3. The molecule has 33 heavy (non-hydrogen) atoms. The summed E-state index contributed by atoms with van der Waals surface area (Å²) in [4.78, 5) is 17.7. The summed E-state index contributed by atoms with van der Waals surface area (Å²) in [6, 6.07) is 13.6. The van der Waals surface area contributed by atoms with E-state index in [1.807, 2.05) is 37.3 Å². The molecule has 0 aliphatic carbocycles. The molecule has 2 N–H and O–H groups in total. The third-order valence-corrected chi connectivity index (χ3v) is 6.53. The minimum atomic E-state index is -0.317. The highest BCUT2D eigenvalue weighted by atomic mass is 35.5. The minimum absolute atomic E-state index is 0.141. The summed E-state index contributed by atoms with van der Waals surface area (Å²) in [5.74, 6) is -0.601. The van der Waals surface area contributed by atoms with Crippen molar-refractivity contribution in [2.24, 2.45) is 0 Å². The van der Waals surface area contributed by atoms with Gasteiger partial charge in [0.1, 0.15) is 5.03 Å². The average molecular weight is 482 g/mol. The Morgan fingerprint density at radius 3 is 2.39 bits per heavy atom. The van der Waals surface area contributed by atoms with Crippen molar-refractivity contribution in [3.8, 4) is 22.6 Å². The lowest BCUT2D eigenvalue weighted by molar-refractivity contribution is 0.102. The molecule has 0 atom stereocenters. The fraction of sp³-hybridized carbons (Fsp3) is 0.240. The number of thioether (sulfide) groups is 1. The van der Waals surface area contributed by atoms with Gasteiger partial charge in [-0.2, -0.15) is 5.10 Å². The summed E-state index contributed by atoms with van der Waals surface area (Å²) < 4.78 is 1.78. The number of aryl methyl sites for hydroxylation is 1. The lowest BCUT2D eigenvalue weighted by atomic mass is 9.92. The van der Waals surface area contributed by atoms with Crippen LogP contribution in [0.3, 0.4) is 0 Å². The highest BCUT2D eigenvalue weighted by molar-refractivity contribution is 7.99. The molecule has 2 aromatic carbocycles. The van der Waals surface area contributed by atoms with Gasteiger partial charge in [0.25, 0.3) is 0 Å². The molecule has 2 heterocycles. The zero-order chi connectivity index (χ0) is 23.9. The van der Waals surface area contributed by atoms with E-state index in [4.69, 9.17) is 21.7 Å². The second-order valence-electron chi connectivity index (χ2n) is 8.85. The number of rotatable bonds is 5. The average Bonchev–Trinajstić information content (AvgIpc) is 3.09. The second kappa shape index (κ2) is 8.72. The summed E-state index contributed by atoms with van der Waals surface area (Å²) in [5.41, 5.74) is 4.46. The normalized spacial score (nSPS) is 11.8. The summed E-state index contributed by atoms with van der Waals surface area (Å²) >= 11 is 7.44. The van der Waals surface area contributed by atoms with Gasteiger partial charge in [0.2, 0.25) is 0 Å². The van der Waals surface area contributed by atoms with Gasteiger partial charge in [-0.05, 0) is 48.9 Å². The first-order chi connectivity index (χ1) is 15.5.